The first kappa shape index (κ1) is 16.6. The molecule has 2 N–H and O–H groups in total. The van der Waals surface area contributed by atoms with E-state index in [-0.39, 0.29) is 17.7 Å². The summed E-state index contributed by atoms with van der Waals surface area (Å²) in [6.07, 6.45) is 1.87. The van der Waals surface area contributed by atoms with Gasteiger partial charge in [-0.2, -0.15) is 0 Å². The first-order valence-corrected chi connectivity index (χ1v) is 9.05. The van der Waals surface area contributed by atoms with Gasteiger partial charge in [0, 0.05) is 30.5 Å². The van der Waals surface area contributed by atoms with Gasteiger partial charge in [-0.05, 0) is 25.3 Å². The summed E-state index contributed by atoms with van der Waals surface area (Å²) in [5.41, 5.74) is 3.31. The Kier molecular flexibility index (Phi) is 5.25. The number of carbonyl (C=O) groups is 2. The van der Waals surface area contributed by atoms with Gasteiger partial charge < -0.3 is 10.6 Å². The highest BCUT2D eigenvalue weighted by molar-refractivity contribution is 7.09. The molecule has 2 aromatic rings. The van der Waals surface area contributed by atoms with E-state index < -0.39 is 0 Å². The van der Waals surface area contributed by atoms with Crippen LogP contribution in [0.25, 0.3) is 11.3 Å². The second-order valence-corrected chi connectivity index (χ2v) is 7.09. The molecule has 0 bridgehead atoms. The average Bonchev–Trinajstić information content (AvgIpc) is 3.02. The Morgan fingerprint density at radius 1 is 1.38 bits per heavy atom. The van der Waals surface area contributed by atoms with Crippen molar-refractivity contribution in [3.8, 4) is 11.3 Å². The van der Waals surface area contributed by atoms with Crippen LogP contribution in [0.1, 0.15) is 23.4 Å². The van der Waals surface area contributed by atoms with Crippen molar-refractivity contribution in [2.75, 3.05) is 13.1 Å². The highest BCUT2D eigenvalue weighted by atomic mass is 32.1. The molecule has 1 aromatic carbocycles. The van der Waals surface area contributed by atoms with Crippen LogP contribution in [0.5, 0.6) is 0 Å². The standard InChI is InChI=1S/C18H21N3O2S/c1-12-21-16(11-24-12)14-4-2-13(3-5-14)8-9-19-18(23)15-6-7-17(22)20-10-15/h2-5,11,15H,6-10H2,1H3,(H,19,23)(H,20,22)/t15-/m0/s1. The number of hydrogen-bond donors (Lipinski definition) is 2. The number of carbonyl (C=O) groups excluding carboxylic acids is 2. The van der Waals surface area contributed by atoms with Gasteiger partial charge in [0.05, 0.1) is 16.6 Å². The van der Waals surface area contributed by atoms with Crippen LogP contribution in [0, 0.1) is 12.8 Å². The van der Waals surface area contributed by atoms with Gasteiger partial charge in [0.15, 0.2) is 0 Å². The third kappa shape index (κ3) is 4.20. The zero-order chi connectivity index (χ0) is 16.9. The maximum Gasteiger partial charge on any atom is 0.224 e. The van der Waals surface area contributed by atoms with E-state index in [1.54, 1.807) is 11.3 Å². The average molecular weight is 343 g/mol. The summed E-state index contributed by atoms with van der Waals surface area (Å²) in [5, 5.41) is 8.83. The van der Waals surface area contributed by atoms with Gasteiger partial charge >= 0.3 is 0 Å². The third-order valence-electron chi connectivity index (χ3n) is 4.22. The molecule has 1 atom stereocenters. The number of amides is 2. The molecule has 0 saturated carbocycles. The zero-order valence-electron chi connectivity index (χ0n) is 13.7. The van der Waals surface area contributed by atoms with Crippen LogP contribution in [0.2, 0.25) is 0 Å². The van der Waals surface area contributed by atoms with Crippen molar-refractivity contribution in [3.63, 3.8) is 0 Å². The smallest absolute Gasteiger partial charge is 0.224 e. The van der Waals surface area contributed by atoms with E-state index in [4.69, 9.17) is 0 Å². The highest BCUT2D eigenvalue weighted by Gasteiger charge is 2.23. The molecule has 2 amide bonds. The van der Waals surface area contributed by atoms with Crippen molar-refractivity contribution in [1.82, 2.24) is 15.6 Å². The van der Waals surface area contributed by atoms with Crippen LogP contribution >= 0.6 is 11.3 Å². The molecule has 2 heterocycles. The summed E-state index contributed by atoms with van der Waals surface area (Å²) in [6, 6.07) is 8.30. The second kappa shape index (κ2) is 7.57. The summed E-state index contributed by atoms with van der Waals surface area (Å²) < 4.78 is 0. The molecule has 1 aliphatic rings. The molecule has 1 saturated heterocycles. The Balaban J connectivity index is 1.46. The number of thiazole rings is 1. The minimum Gasteiger partial charge on any atom is -0.355 e. The Morgan fingerprint density at radius 3 is 2.79 bits per heavy atom. The van der Waals surface area contributed by atoms with Crippen molar-refractivity contribution in [2.24, 2.45) is 5.92 Å². The number of nitrogens with zero attached hydrogens (tertiary/aromatic N) is 1. The summed E-state index contributed by atoms with van der Waals surface area (Å²) in [4.78, 5) is 27.7. The number of rotatable bonds is 5. The van der Waals surface area contributed by atoms with Gasteiger partial charge in [-0.25, -0.2) is 4.98 Å². The van der Waals surface area contributed by atoms with Crippen LogP contribution in [-0.4, -0.2) is 29.9 Å². The Morgan fingerprint density at radius 2 is 2.17 bits per heavy atom. The minimum atomic E-state index is -0.0991. The first-order chi connectivity index (χ1) is 11.6. The minimum absolute atomic E-state index is 0.0320. The summed E-state index contributed by atoms with van der Waals surface area (Å²) in [7, 11) is 0. The molecule has 6 heteroatoms. The highest BCUT2D eigenvalue weighted by Crippen LogP contribution is 2.21. The fraction of sp³-hybridized carbons (Fsp3) is 0.389. The van der Waals surface area contributed by atoms with Crippen LogP contribution in [0.15, 0.2) is 29.6 Å². The zero-order valence-corrected chi connectivity index (χ0v) is 14.5. The van der Waals surface area contributed by atoms with Crippen LogP contribution in [0.4, 0.5) is 0 Å². The number of nitrogens with one attached hydrogen (secondary N) is 2. The molecule has 1 aromatic heterocycles. The van der Waals surface area contributed by atoms with E-state index in [0.29, 0.717) is 25.9 Å². The Bertz CT molecular complexity index is 714. The quantitative estimate of drug-likeness (QED) is 0.875. The predicted octanol–water partition coefficient (Wildman–Crippen LogP) is 2.30. The Labute approximate surface area is 145 Å². The molecule has 5 nitrogen and oxygen atoms in total. The van der Waals surface area contributed by atoms with E-state index in [1.807, 2.05) is 6.92 Å². The molecular formula is C18H21N3O2S. The molecule has 0 spiro atoms. The van der Waals surface area contributed by atoms with Gasteiger partial charge in [-0.1, -0.05) is 24.3 Å². The number of benzene rings is 1. The molecule has 126 valence electrons. The van der Waals surface area contributed by atoms with E-state index in [1.165, 1.54) is 5.56 Å². The first-order valence-electron chi connectivity index (χ1n) is 8.17. The maximum atomic E-state index is 12.1. The summed E-state index contributed by atoms with van der Waals surface area (Å²) in [5.74, 6) is -0.0306. The van der Waals surface area contributed by atoms with E-state index >= 15 is 0 Å². The van der Waals surface area contributed by atoms with E-state index in [0.717, 1.165) is 22.7 Å². The Hall–Kier alpha value is -2.21. The maximum absolute atomic E-state index is 12.1. The van der Waals surface area contributed by atoms with Crippen LogP contribution in [0.3, 0.4) is 0 Å². The fourth-order valence-corrected chi connectivity index (χ4v) is 3.39. The van der Waals surface area contributed by atoms with Gasteiger partial charge in [-0.3, -0.25) is 9.59 Å². The second-order valence-electron chi connectivity index (χ2n) is 6.03. The fourth-order valence-electron chi connectivity index (χ4n) is 2.77. The van der Waals surface area contributed by atoms with Gasteiger partial charge in [0.2, 0.25) is 11.8 Å². The lowest BCUT2D eigenvalue weighted by molar-refractivity contribution is -0.128. The molecule has 1 aliphatic heterocycles. The largest absolute Gasteiger partial charge is 0.355 e. The molecule has 1 fully saturated rings. The lowest BCUT2D eigenvalue weighted by Gasteiger charge is -2.21. The van der Waals surface area contributed by atoms with Crippen LogP contribution < -0.4 is 10.6 Å². The van der Waals surface area contributed by atoms with Crippen molar-refractivity contribution >= 4 is 23.2 Å². The van der Waals surface area contributed by atoms with Crippen molar-refractivity contribution in [1.29, 1.82) is 0 Å². The summed E-state index contributed by atoms with van der Waals surface area (Å²) >= 11 is 1.65. The van der Waals surface area contributed by atoms with Crippen molar-refractivity contribution < 1.29 is 9.59 Å². The van der Waals surface area contributed by atoms with Gasteiger partial charge in [0.1, 0.15) is 0 Å². The number of aromatic nitrogens is 1. The normalized spacial score (nSPS) is 17.4. The molecule has 0 aliphatic carbocycles. The lowest BCUT2D eigenvalue weighted by Crippen LogP contribution is -2.43. The molecule has 0 radical (unpaired) electrons. The molecule has 24 heavy (non-hydrogen) atoms. The van der Waals surface area contributed by atoms with Gasteiger partial charge in [0.25, 0.3) is 0 Å². The van der Waals surface area contributed by atoms with E-state index in [2.05, 4.69) is 45.3 Å². The third-order valence-corrected chi connectivity index (χ3v) is 4.99. The SMILES string of the molecule is Cc1nc(-c2ccc(CCNC(=O)[C@H]3CCC(=O)NC3)cc2)cs1. The molecule has 3 rings (SSSR count). The number of piperidine rings is 1. The topological polar surface area (TPSA) is 71.1 Å². The van der Waals surface area contributed by atoms with E-state index in [9.17, 15) is 9.59 Å². The summed E-state index contributed by atoms with van der Waals surface area (Å²) in [6.45, 7) is 3.06. The molecule has 0 unspecified atom stereocenters. The monoisotopic (exact) mass is 343 g/mol. The number of aryl methyl sites for hydroxylation is 1. The molecular weight excluding hydrogens is 322 g/mol. The number of hydrogen-bond acceptors (Lipinski definition) is 4. The van der Waals surface area contributed by atoms with Crippen LogP contribution in [-0.2, 0) is 16.0 Å². The van der Waals surface area contributed by atoms with Crippen molar-refractivity contribution in [2.45, 2.75) is 26.2 Å². The predicted molar refractivity (Wildman–Crippen MR) is 94.7 cm³/mol. The van der Waals surface area contributed by atoms with Crippen molar-refractivity contribution in [3.05, 3.63) is 40.2 Å². The van der Waals surface area contributed by atoms with Gasteiger partial charge in [-0.15, -0.1) is 11.3 Å². The lowest BCUT2D eigenvalue weighted by atomic mass is 9.98.